The van der Waals surface area contributed by atoms with Crippen LogP contribution in [0.4, 0.5) is 0 Å². The van der Waals surface area contributed by atoms with E-state index in [4.69, 9.17) is 18.0 Å². The van der Waals surface area contributed by atoms with Gasteiger partial charge in [-0.15, -0.1) is 11.3 Å². The summed E-state index contributed by atoms with van der Waals surface area (Å²) >= 11 is 5.94. The number of nitrogens with two attached hydrogens (primary N) is 1. The van der Waals surface area contributed by atoms with Crippen LogP contribution in [0.5, 0.6) is 0 Å². The number of rotatable bonds is 6. The highest BCUT2D eigenvalue weighted by atomic mass is 32.2. The maximum Gasteiger partial charge on any atom is 0.250 e. The van der Waals surface area contributed by atoms with E-state index in [1.54, 1.807) is 12.1 Å². The fourth-order valence-electron chi connectivity index (χ4n) is 2.19. The minimum atomic E-state index is -3.45. The lowest BCUT2D eigenvalue weighted by atomic mass is 10.1. The molecule has 0 unspecified atom stereocenters. The second-order valence-corrected chi connectivity index (χ2v) is 8.30. The average molecular weight is 334 g/mol. The van der Waals surface area contributed by atoms with Crippen LogP contribution in [0.25, 0.3) is 0 Å². The Balaban J connectivity index is 1.88. The first-order valence-electron chi connectivity index (χ1n) is 6.61. The number of nitrogens with one attached hydrogen (secondary N) is 1. The minimum absolute atomic E-state index is 0.227. The van der Waals surface area contributed by atoms with Gasteiger partial charge in [-0.25, -0.2) is 13.1 Å². The first-order valence-corrected chi connectivity index (χ1v) is 9.31. The first-order chi connectivity index (χ1) is 9.49. The minimum Gasteiger partial charge on any atom is -0.389 e. The molecule has 0 bridgehead atoms. The number of thiocarbonyl (C=S) groups is 1. The number of nitrogens with zero attached hydrogens (tertiary/aromatic N) is 1. The molecular formula is C12H19N3O2S3. The van der Waals surface area contributed by atoms with Crippen molar-refractivity contribution in [3.63, 3.8) is 0 Å². The van der Waals surface area contributed by atoms with Crippen LogP contribution in [0.15, 0.2) is 16.3 Å². The highest BCUT2D eigenvalue weighted by Crippen LogP contribution is 2.21. The first kappa shape index (κ1) is 15.8. The van der Waals surface area contributed by atoms with Gasteiger partial charge in [-0.1, -0.05) is 18.6 Å². The Morgan fingerprint density at radius 2 is 2.05 bits per heavy atom. The summed E-state index contributed by atoms with van der Waals surface area (Å²) in [5.41, 5.74) is 5.49. The van der Waals surface area contributed by atoms with Gasteiger partial charge in [-0.05, 0) is 38.1 Å². The van der Waals surface area contributed by atoms with Crippen molar-refractivity contribution < 1.29 is 8.42 Å². The van der Waals surface area contributed by atoms with Crippen LogP contribution in [0.2, 0.25) is 0 Å². The monoisotopic (exact) mass is 333 g/mol. The standard InChI is InChI=1S/C12H19N3O2S3/c13-12(18)10-4-5-11(19-10)20(16,17)14-6-9-15-7-2-1-3-8-15/h4-5,14H,1-3,6-9H2,(H2,13,18). The Morgan fingerprint density at radius 1 is 1.35 bits per heavy atom. The summed E-state index contributed by atoms with van der Waals surface area (Å²) in [7, 11) is -3.45. The number of thiophene rings is 1. The number of hydrogen-bond acceptors (Lipinski definition) is 5. The molecule has 1 aromatic heterocycles. The van der Waals surface area contributed by atoms with Crippen LogP contribution in [0, 0.1) is 0 Å². The summed E-state index contributed by atoms with van der Waals surface area (Å²) in [6.07, 6.45) is 3.68. The molecule has 20 heavy (non-hydrogen) atoms. The van der Waals surface area contributed by atoms with Crippen molar-refractivity contribution in [2.45, 2.75) is 23.5 Å². The van der Waals surface area contributed by atoms with Crippen molar-refractivity contribution in [2.75, 3.05) is 26.2 Å². The molecule has 8 heteroatoms. The molecule has 0 amide bonds. The molecule has 0 saturated carbocycles. The Kier molecular flexibility index (Phi) is 5.50. The van der Waals surface area contributed by atoms with Gasteiger partial charge in [-0.2, -0.15) is 0 Å². The largest absolute Gasteiger partial charge is 0.389 e. The molecule has 0 aromatic carbocycles. The van der Waals surface area contributed by atoms with E-state index in [0.29, 0.717) is 11.4 Å². The molecule has 0 radical (unpaired) electrons. The van der Waals surface area contributed by atoms with Crippen molar-refractivity contribution in [3.05, 3.63) is 17.0 Å². The molecule has 1 saturated heterocycles. The number of hydrogen-bond donors (Lipinski definition) is 2. The van der Waals surface area contributed by atoms with Crippen LogP contribution in [0.3, 0.4) is 0 Å². The SMILES string of the molecule is NC(=S)c1ccc(S(=O)(=O)NCCN2CCCCC2)s1. The van der Waals surface area contributed by atoms with E-state index >= 15 is 0 Å². The van der Waals surface area contributed by atoms with E-state index in [-0.39, 0.29) is 9.20 Å². The smallest absolute Gasteiger partial charge is 0.250 e. The van der Waals surface area contributed by atoms with Crippen LogP contribution in [-0.2, 0) is 10.0 Å². The van der Waals surface area contributed by atoms with Crippen molar-refractivity contribution >= 4 is 38.6 Å². The van der Waals surface area contributed by atoms with Gasteiger partial charge in [0.1, 0.15) is 9.20 Å². The topological polar surface area (TPSA) is 75.4 Å². The van der Waals surface area contributed by atoms with E-state index in [1.807, 2.05) is 0 Å². The maximum atomic E-state index is 12.1. The molecule has 112 valence electrons. The predicted octanol–water partition coefficient (Wildman–Crippen LogP) is 1.15. The van der Waals surface area contributed by atoms with Crippen molar-refractivity contribution in [3.8, 4) is 0 Å². The van der Waals surface area contributed by atoms with E-state index in [1.165, 1.54) is 19.3 Å². The zero-order valence-electron chi connectivity index (χ0n) is 11.2. The van der Waals surface area contributed by atoms with Gasteiger partial charge in [0.15, 0.2) is 0 Å². The average Bonchev–Trinajstić information content (AvgIpc) is 2.90. The summed E-state index contributed by atoms with van der Waals surface area (Å²) in [4.78, 5) is 3.14. The van der Waals surface area contributed by atoms with Crippen molar-refractivity contribution in [1.82, 2.24) is 9.62 Å². The molecule has 1 aliphatic rings. The number of sulfonamides is 1. The van der Waals surface area contributed by atoms with Gasteiger partial charge in [0, 0.05) is 13.1 Å². The van der Waals surface area contributed by atoms with Gasteiger partial charge < -0.3 is 10.6 Å². The quantitative estimate of drug-likeness (QED) is 0.764. The van der Waals surface area contributed by atoms with Crippen LogP contribution in [0.1, 0.15) is 24.1 Å². The molecular weight excluding hydrogens is 314 g/mol. The molecule has 0 atom stereocenters. The summed E-state index contributed by atoms with van der Waals surface area (Å²) in [6, 6.07) is 3.19. The normalized spacial score (nSPS) is 17.2. The van der Waals surface area contributed by atoms with Gasteiger partial charge in [0.2, 0.25) is 10.0 Å². The van der Waals surface area contributed by atoms with Gasteiger partial charge in [0.05, 0.1) is 4.88 Å². The summed E-state index contributed by atoms with van der Waals surface area (Å²) < 4.78 is 27.1. The van der Waals surface area contributed by atoms with E-state index < -0.39 is 10.0 Å². The second kappa shape index (κ2) is 6.95. The highest BCUT2D eigenvalue weighted by molar-refractivity contribution is 7.91. The van der Waals surface area contributed by atoms with Crippen LogP contribution < -0.4 is 10.5 Å². The van der Waals surface area contributed by atoms with Gasteiger partial charge in [0.25, 0.3) is 0 Å². The van der Waals surface area contributed by atoms with Crippen molar-refractivity contribution in [2.24, 2.45) is 5.73 Å². The number of piperidine rings is 1. The lowest BCUT2D eigenvalue weighted by Gasteiger charge is -2.26. The Bertz CT molecular complexity index is 562. The third-order valence-electron chi connectivity index (χ3n) is 3.26. The fraction of sp³-hybridized carbons (Fsp3) is 0.583. The molecule has 0 spiro atoms. The molecule has 2 heterocycles. The molecule has 2 rings (SSSR count). The summed E-state index contributed by atoms with van der Waals surface area (Å²) in [5, 5.41) is 0. The Hall–Kier alpha value is -0.540. The summed E-state index contributed by atoms with van der Waals surface area (Å²) in [6.45, 7) is 3.31. The van der Waals surface area contributed by atoms with Crippen LogP contribution in [-0.4, -0.2) is 44.5 Å². The predicted molar refractivity (Wildman–Crippen MR) is 85.7 cm³/mol. The zero-order chi connectivity index (χ0) is 14.6. The van der Waals surface area contributed by atoms with Crippen LogP contribution >= 0.6 is 23.6 Å². The fourth-order valence-corrected chi connectivity index (χ4v) is 4.61. The second-order valence-electron chi connectivity index (χ2n) is 4.78. The van der Waals surface area contributed by atoms with Gasteiger partial charge >= 0.3 is 0 Å². The molecule has 1 aliphatic heterocycles. The third-order valence-corrected chi connectivity index (χ3v) is 6.68. The van der Waals surface area contributed by atoms with Crippen molar-refractivity contribution in [1.29, 1.82) is 0 Å². The third kappa shape index (κ3) is 4.23. The zero-order valence-corrected chi connectivity index (χ0v) is 13.6. The molecule has 3 N–H and O–H groups in total. The highest BCUT2D eigenvalue weighted by Gasteiger charge is 2.18. The Labute approximate surface area is 129 Å². The number of likely N-dealkylation sites (tertiary alicyclic amines) is 1. The molecule has 1 fully saturated rings. The summed E-state index contributed by atoms with van der Waals surface area (Å²) in [5.74, 6) is 0. The molecule has 0 aliphatic carbocycles. The lowest BCUT2D eigenvalue weighted by Crippen LogP contribution is -2.37. The van der Waals surface area contributed by atoms with E-state index in [2.05, 4.69) is 9.62 Å². The van der Waals surface area contributed by atoms with Gasteiger partial charge in [-0.3, -0.25) is 0 Å². The lowest BCUT2D eigenvalue weighted by molar-refractivity contribution is 0.233. The molecule has 1 aromatic rings. The van der Waals surface area contributed by atoms with E-state index in [0.717, 1.165) is 31.0 Å². The maximum absolute atomic E-state index is 12.1. The molecule has 5 nitrogen and oxygen atoms in total. The van der Waals surface area contributed by atoms with E-state index in [9.17, 15) is 8.42 Å². The Morgan fingerprint density at radius 3 is 2.65 bits per heavy atom.